The highest BCUT2D eigenvalue weighted by Crippen LogP contribution is 2.41. The molecule has 0 saturated heterocycles. The van der Waals surface area contributed by atoms with E-state index in [-0.39, 0.29) is 6.61 Å². The molecule has 0 fully saturated rings. The molecule has 9 rings (SSSR count). The summed E-state index contributed by atoms with van der Waals surface area (Å²) in [6, 6.07) is 33.3. The van der Waals surface area contributed by atoms with Crippen molar-refractivity contribution in [2.24, 2.45) is 0 Å². The van der Waals surface area contributed by atoms with E-state index in [4.69, 9.17) is 9.97 Å². The van der Waals surface area contributed by atoms with Crippen molar-refractivity contribution in [1.29, 1.82) is 0 Å². The summed E-state index contributed by atoms with van der Waals surface area (Å²) in [4.78, 5) is 30.4. The maximum atomic E-state index is 11.7. The lowest BCUT2D eigenvalue weighted by atomic mass is 9.92. The summed E-state index contributed by atoms with van der Waals surface area (Å²) in [6.07, 6.45) is 9.31. The molecule has 58 heavy (non-hydrogen) atoms. The van der Waals surface area contributed by atoms with Crippen molar-refractivity contribution in [3.8, 4) is 44.5 Å². The number of nitrogens with one attached hydrogen (secondary N) is 2. The van der Waals surface area contributed by atoms with Gasteiger partial charge in [0.1, 0.15) is 6.29 Å². The van der Waals surface area contributed by atoms with E-state index in [9.17, 15) is 9.90 Å². The third-order valence-electron chi connectivity index (χ3n) is 11.4. The van der Waals surface area contributed by atoms with E-state index in [2.05, 4.69) is 124 Å². The van der Waals surface area contributed by atoms with Gasteiger partial charge in [-0.25, -0.2) is 9.97 Å². The SMILES string of the molecule is Cc1cc(C)c(-c2c3nc(c(-c4ccc(CO)cc4)c4nc(c(-c5c(C)cc(C)cc5C)c5ccc([nH]5)c(-c5ccc(C=O)cc5)c5ccc2[nH]5)C=C4)C=C3)c(C)c1. The monoisotopic (exact) mass is 756 g/mol. The summed E-state index contributed by atoms with van der Waals surface area (Å²) in [5, 5.41) is 9.92. The predicted octanol–water partition coefficient (Wildman–Crippen LogP) is 12.5. The zero-order chi connectivity index (χ0) is 40.2. The summed E-state index contributed by atoms with van der Waals surface area (Å²) in [6.45, 7) is 12.9. The van der Waals surface area contributed by atoms with Gasteiger partial charge in [-0.05, 0) is 140 Å². The molecule has 5 heterocycles. The standard InChI is InChI=1S/C52H44N4O2/c1-29-23-31(3)47(32(4)24-29)51-43-19-15-39(53-43)49(37-11-7-35(27-57)8-12-37)41-17-21-45(55-41)52(48-33(5)25-30(2)26-34(48)6)46-22-18-42(56-46)50(40-16-20-44(51)54-40)38-13-9-36(28-58)10-14-38/h7-27,53,55,58H,28H2,1-6H3. The highest BCUT2D eigenvalue weighted by molar-refractivity contribution is 6.01. The average molecular weight is 757 g/mol. The Morgan fingerprint density at radius 3 is 1.22 bits per heavy atom. The highest BCUT2D eigenvalue weighted by atomic mass is 16.3. The van der Waals surface area contributed by atoms with Gasteiger partial charge in [-0.1, -0.05) is 83.9 Å². The molecule has 3 aromatic heterocycles. The molecular formula is C52H44N4O2. The molecule has 6 heteroatoms. The quantitative estimate of drug-likeness (QED) is 0.147. The zero-order valence-electron chi connectivity index (χ0n) is 33.6. The van der Waals surface area contributed by atoms with Gasteiger partial charge in [-0.2, -0.15) is 0 Å². The predicted molar refractivity (Wildman–Crippen MR) is 240 cm³/mol. The Balaban J connectivity index is 1.49. The summed E-state index contributed by atoms with van der Waals surface area (Å²) in [5.41, 5.74) is 23.7. The second kappa shape index (κ2) is 14.6. The number of aldehydes is 1. The fourth-order valence-electron chi connectivity index (χ4n) is 8.99. The lowest BCUT2D eigenvalue weighted by Gasteiger charge is -2.13. The number of rotatable bonds is 6. The van der Waals surface area contributed by atoms with Gasteiger partial charge < -0.3 is 15.1 Å². The van der Waals surface area contributed by atoms with Gasteiger partial charge in [0, 0.05) is 49.9 Å². The van der Waals surface area contributed by atoms with Crippen LogP contribution in [0.5, 0.6) is 0 Å². The first-order chi connectivity index (χ1) is 28.1. The van der Waals surface area contributed by atoms with E-state index < -0.39 is 0 Å². The maximum absolute atomic E-state index is 11.7. The minimum Gasteiger partial charge on any atom is -0.392 e. The first-order valence-electron chi connectivity index (χ1n) is 19.7. The number of carbonyl (C=O) groups excluding carboxylic acids is 1. The number of nitrogens with zero attached hydrogens (tertiary/aromatic N) is 2. The molecule has 3 N–H and O–H groups in total. The number of hydrogen-bond donors (Lipinski definition) is 3. The Morgan fingerprint density at radius 1 is 0.466 bits per heavy atom. The smallest absolute Gasteiger partial charge is 0.150 e. The number of aliphatic hydroxyl groups is 1. The summed E-state index contributed by atoms with van der Waals surface area (Å²) >= 11 is 0. The average Bonchev–Trinajstić information content (AvgIpc) is 4.05. The first-order valence-corrected chi connectivity index (χ1v) is 19.7. The van der Waals surface area contributed by atoms with Crippen LogP contribution in [0.15, 0.2) is 97.1 Å². The summed E-state index contributed by atoms with van der Waals surface area (Å²) in [5.74, 6) is 0. The van der Waals surface area contributed by atoms with Gasteiger partial charge in [0.05, 0.1) is 29.4 Å². The van der Waals surface area contributed by atoms with Crippen LogP contribution in [0.2, 0.25) is 0 Å². The minimum absolute atomic E-state index is 0.0340. The fourth-order valence-corrected chi connectivity index (χ4v) is 8.99. The first kappa shape index (κ1) is 36.7. The second-order valence-electron chi connectivity index (χ2n) is 15.6. The van der Waals surface area contributed by atoms with E-state index in [1.165, 1.54) is 33.4 Å². The third-order valence-corrected chi connectivity index (χ3v) is 11.4. The van der Waals surface area contributed by atoms with Crippen LogP contribution in [0.3, 0.4) is 0 Å². The van der Waals surface area contributed by atoms with Crippen molar-refractivity contribution in [3.63, 3.8) is 0 Å². The van der Waals surface area contributed by atoms with Crippen LogP contribution < -0.4 is 0 Å². The fraction of sp³-hybridized carbons (Fsp3) is 0.135. The van der Waals surface area contributed by atoms with Crippen molar-refractivity contribution < 1.29 is 9.90 Å². The van der Waals surface area contributed by atoms with Crippen LogP contribution in [0.25, 0.3) is 90.9 Å². The summed E-state index contributed by atoms with van der Waals surface area (Å²) < 4.78 is 0. The number of hydrogen-bond acceptors (Lipinski definition) is 4. The van der Waals surface area contributed by atoms with Crippen LogP contribution >= 0.6 is 0 Å². The number of H-pyrrole nitrogens is 2. The molecular weight excluding hydrogens is 713 g/mol. The number of aromatic nitrogens is 4. The number of aliphatic hydroxyl groups excluding tert-OH is 1. The zero-order valence-corrected chi connectivity index (χ0v) is 33.6. The topological polar surface area (TPSA) is 94.7 Å². The lowest BCUT2D eigenvalue weighted by molar-refractivity contribution is 0.112. The van der Waals surface area contributed by atoms with Crippen molar-refractivity contribution in [1.82, 2.24) is 19.9 Å². The number of benzene rings is 4. The van der Waals surface area contributed by atoms with Crippen LogP contribution in [0, 0.1) is 41.5 Å². The molecule has 8 bridgehead atoms. The van der Waals surface area contributed by atoms with E-state index in [1.54, 1.807) is 0 Å². The molecule has 2 aliphatic heterocycles. The Bertz CT molecular complexity index is 2850. The molecule has 0 radical (unpaired) electrons. The van der Waals surface area contributed by atoms with E-state index in [0.717, 1.165) is 101 Å². The Hall–Kier alpha value is -6.89. The van der Waals surface area contributed by atoms with Gasteiger partial charge in [0.25, 0.3) is 0 Å². The normalized spacial score (nSPS) is 12.1. The Kier molecular flexibility index (Phi) is 9.22. The van der Waals surface area contributed by atoms with Crippen molar-refractivity contribution in [2.45, 2.75) is 48.1 Å². The molecule has 6 nitrogen and oxygen atoms in total. The van der Waals surface area contributed by atoms with Crippen LogP contribution in [0.1, 0.15) is 72.1 Å². The van der Waals surface area contributed by atoms with Gasteiger partial charge in [-0.3, -0.25) is 4.79 Å². The Morgan fingerprint density at radius 2 is 0.828 bits per heavy atom. The minimum atomic E-state index is -0.0340. The molecule has 284 valence electrons. The lowest BCUT2D eigenvalue weighted by Crippen LogP contribution is -1.95. The van der Waals surface area contributed by atoms with E-state index >= 15 is 0 Å². The molecule has 4 aromatic carbocycles. The summed E-state index contributed by atoms with van der Waals surface area (Å²) in [7, 11) is 0. The molecule has 0 atom stereocenters. The molecule has 0 aliphatic carbocycles. The molecule has 0 saturated carbocycles. The van der Waals surface area contributed by atoms with Gasteiger partial charge >= 0.3 is 0 Å². The van der Waals surface area contributed by atoms with E-state index in [0.29, 0.717) is 5.56 Å². The van der Waals surface area contributed by atoms with Crippen molar-refractivity contribution in [3.05, 3.63) is 164 Å². The van der Waals surface area contributed by atoms with Crippen LogP contribution in [-0.2, 0) is 6.61 Å². The molecule has 0 unspecified atom stereocenters. The van der Waals surface area contributed by atoms with Crippen LogP contribution in [-0.4, -0.2) is 31.3 Å². The Labute approximate surface area is 338 Å². The van der Waals surface area contributed by atoms with Gasteiger partial charge in [-0.15, -0.1) is 0 Å². The number of aryl methyl sites for hydroxylation is 6. The number of fused-ring (bicyclic) bond motifs is 8. The van der Waals surface area contributed by atoms with E-state index in [1.807, 2.05) is 48.5 Å². The number of aromatic amines is 2. The van der Waals surface area contributed by atoms with Crippen LogP contribution in [0.4, 0.5) is 0 Å². The van der Waals surface area contributed by atoms with Crippen molar-refractivity contribution >= 4 is 52.7 Å². The largest absolute Gasteiger partial charge is 0.392 e. The molecule has 0 amide bonds. The molecule has 2 aliphatic rings. The van der Waals surface area contributed by atoms with Gasteiger partial charge in [0.15, 0.2) is 0 Å². The second-order valence-corrected chi connectivity index (χ2v) is 15.6. The maximum Gasteiger partial charge on any atom is 0.150 e. The molecule has 7 aromatic rings. The van der Waals surface area contributed by atoms with Gasteiger partial charge in [0.2, 0.25) is 0 Å². The third kappa shape index (κ3) is 6.42. The number of carbonyl (C=O) groups is 1. The molecule has 0 spiro atoms. The van der Waals surface area contributed by atoms with Crippen molar-refractivity contribution in [2.75, 3.05) is 0 Å². The highest BCUT2D eigenvalue weighted by Gasteiger charge is 2.22.